The molecule has 232 valence electrons. The highest BCUT2D eigenvalue weighted by Gasteiger charge is 2.39. The van der Waals surface area contributed by atoms with E-state index in [0.717, 1.165) is 0 Å². The standard InChI is InChI=1S/C24H34F3N3O7S4/c1-22(2,3)40-39-14-36-16-9-18(37-17(16)11-31)30-10-15(19(32)29-21(30)34)7-6-8-35-13-38-41-23(4,5)12-28-20(33)24(25,26)27/h10,16-18,31H,8-9,11-14H2,1-5H3,(H,28,33)(H,29,32,34)/t16?,17-,18-/m1/s1. The summed E-state index contributed by atoms with van der Waals surface area (Å²) in [6.45, 7) is 9.08. The zero-order chi connectivity index (χ0) is 30.8. The molecule has 1 saturated heterocycles. The molecule has 1 amide bonds. The number of aliphatic hydroxyl groups excluding tert-OH is 1. The Morgan fingerprint density at radius 3 is 2.51 bits per heavy atom. The summed E-state index contributed by atoms with van der Waals surface area (Å²) in [5.41, 5.74) is -1.34. The van der Waals surface area contributed by atoms with Crippen LogP contribution in [0.2, 0.25) is 0 Å². The summed E-state index contributed by atoms with van der Waals surface area (Å²) in [6, 6.07) is 0. The monoisotopic (exact) mass is 661 g/mol. The Bertz CT molecular complexity index is 1190. The summed E-state index contributed by atoms with van der Waals surface area (Å²) in [7, 11) is 5.67. The molecule has 1 unspecified atom stereocenters. The molecule has 1 fully saturated rings. The van der Waals surface area contributed by atoms with Gasteiger partial charge in [-0.2, -0.15) is 13.2 Å². The van der Waals surface area contributed by atoms with Crippen LogP contribution in [0.15, 0.2) is 15.8 Å². The fraction of sp³-hybridized carbons (Fsp3) is 0.708. The molecular weight excluding hydrogens is 628 g/mol. The van der Waals surface area contributed by atoms with Gasteiger partial charge in [-0.15, -0.1) is 0 Å². The Balaban J connectivity index is 1.87. The number of aromatic nitrogens is 2. The summed E-state index contributed by atoms with van der Waals surface area (Å²) < 4.78 is 54.6. The Hall–Kier alpha value is -1.26. The fourth-order valence-corrected chi connectivity index (χ4v) is 7.31. The van der Waals surface area contributed by atoms with Gasteiger partial charge in [-0.25, -0.2) is 4.79 Å². The van der Waals surface area contributed by atoms with Crippen molar-refractivity contribution in [1.82, 2.24) is 14.9 Å². The molecule has 2 rings (SSSR count). The third-order valence-electron chi connectivity index (χ3n) is 5.02. The van der Waals surface area contributed by atoms with Crippen LogP contribution in [0.5, 0.6) is 0 Å². The number of aliphatic hydroxyl groups is 1. The Morgan fingerprint density at radius 1 is 1.20 bits per heavy atom. The van der Waals surface area contributed by atoms with Crippen LogP contribution in [0.1, 0.15) is 52.8 Å². The minimum absolute atomic E-state index is 0.0161. The van der Waals surface area contributed by atoms with Crippen molar-refractivity contribution < 1.29 is 37.3 Å². The van der Waals surface area contributed by atoms with Gasteiger partial charge in [0.1, 0.15) is 36.4 Å². The highest BCUT2D eigenvalue weighted by atomic mass is 33.1. The largest absolute Gasteiger partial charge is 0.471 e. The molecule has 1 aromatic rings. The quantitative estimate of drug-likeness (QED) is 0.124. The maximum absolute atomic E-state index is 12.5. The van der Waals surface area contributed by atoms with E-state index < -0.39 is 46.5 Å². The van der Waals surface area contributed by atoms with Gasteiger partial charge in [0.25, 0.3) is 5.56 Å². The molecule has 10 nitrogen and oxygen atoms in total. The summed E-state index contributed by atoms with van der Waals surface area (Å²) in [6.07, 6.45) is -5.19. The van der Waals surface area contributed by atoms with Crippen molar-refractivity contribution in [3.63, 3.8) is 0 Å². The van der Waals surface area contributed by atoms with Crippen LogP contribution in [0, 0.1) is 11.8 Å². The number of H-pyrrole nitrogens is 1. The van der Waals surface area contributed by atoms with Gasteiger partial charge in [0, 0.05) is 28.7 Å². The molecule has 1 aliphatic heterocycles. The average molecular weight is 662 g/mol. The van der Waals surface area contributed by atoms with E-state index in [0.29, 0.717) is 12.4 Å². The van der Waals surface area contributed by atoms with Gasteiger partial charge in [-0.1, -0.05) is 75.8 Å². The minimum atomic E-state index is -4.93. The summed E-state index contributed by atoms with van der Waals surface area (Å²) in [5.74, 6) is 3.88. The number of carbonyl (C=O) groups excluding carboxylic acids is 1. The number of halogens is 3. The number of nitrogens with zero attached hydrogens (tertiary/aromatic N) is 1. The minimum Gasteiger partial charge on any atom is -0.394 e. The maximum atomic E-state index is 12.5. The lowest BCUT2D eigenvalue weighted by molar-refractivity contribution is -0.173. The van der Waals surface area contributed by atoms with E-state index in [9.17, 15) is 32.7 Å². The normalized spacial score (nSPS) is 19.6. The average Bonchev–Trinajstić information content (AvgIpc) is 3.27. The van der Waals surface area contributed by atoms with Crippen molar-refractivity contribution in [2.45, 2.75) is 75.1 Å². The van der Waals surface area contributed by atoms with E-state index in [2.05, 4.69) is 37.6 Å². The van der Waals surface area contributed by atoms with Crippen LogP contribution >= 0.6 is 43.2 Å². The molecule has 0 bridgehead atoms. The summed E-state index contributed by atoms with van der Waals surface area (Å²) in [5, 5.41) is 11.6. The van der Waals surface area contributed by atoms with Gasteiger partial charge in [-0.05, 0) is 13.8 Å². The fourth-order valence-electron chi connectivity index (χ4n) is 3.18. The van der Waals surface area contributed by atoms with E-state index >= 15 is 0 Å². The van der Waals surface area contributed by atoms with Crippen molar-refractivity contribution in [3.05, 3.63) is 32.6 Å². The number of rotatable bonds is 13. The van der Waals surface area contributed by atoms with Crippen LogP contribution in [0.3, 0.4) is 0 Å². The van der Waals surface area contributed by atoms with Crippen molar-refractivity contribution >= 4 is 49.1 Å². The molecule has 3 N–H and O–H groups in total. The van der Waals surface area contributed by atoms with Crippen LogP contribution < -0.4 is 16.6 Å². The third-order valence-corrected chi connectivity index (χ3v) is 11.0. The number of carbonyl (C=O) groups is 1. The molecule has 0 aromatic carbocycles. The van der Waals surface area contributed by atoms with Gasteiger partial charge in [0.15, 0.2) is 0 Å². The molecule has 41 heavy (non-hydrogen) atoms. The first kappa shape index (κ1) is 35.9. The predicted molar refractivity (Wildman–Crippen MR) is 158 cm³/mol. The Kier molecular flexibility index (Phi) is 14.0. The van der Waals surface area contributed by atoms with Gasteiger partial charge >= 0.3 is 17.8 Å². The molecule has 0 spiro atoms. The van der Waals surface area contributed by atoms with Crippen LogP contribution in [0.4, 0.5) is 13.2 Å². The summed E-state index contributed by atoms with van der Waals surface area (Å²) in [4.78, 5) is 37.9. The highest BCUT2D eigenvalue weighted by Crippen LogP contribution is 2.37. The molecule has 3 atom stereocenters. The predicted octanol–water partition coefficient (Wildman–Crippen LogP) is 3.50. The van der Waals surface area contributed by atoms with Gasteiger partial charge < -0.3 is 24.6 Å². The zero-order valence-corrected chi connectivity index (χ0v) is 26.4. The molecule has 0 radical (unpaired) electrons. The number of aromatic amines is 1. The second-order valence-corrected chi connectivity index (χ2v) is 16.3. The maximum Gasteiger partial charge on any atom is 0.471 e. The third kappa shape index (κ3) is 12.9. The number of nitrogens with one attached hydrogen (secondary N) is 2. The Morgan fingerprint density at radius 2 is 1.88 bits per heavy atom. The molecular formula is C24H34F3N3O7S4. The van der Waals surface area contributed by atoms with Gasteiger partial charge in [0.05, 0.1) is 12.7 Å². The number of hydrogen-bond acceptors (Lipinski definition) is 11. The van der Waals surface area contributed by atoms with Crippen LogP contribution in [0.25, 0.3) is 0 Å². The highest BCUT2D eigenvalue weighted by molar-refractivity contribution is 8.77. The lowest BCUT2D eigenvalue weighted by Crippen LogP contribution is -2.42. The van der Waals surface area contributed by atoms with Crippen molar-refractivity contribution in [1.29, 1.82) is 0 Å². The van der Waals surface area contributed by atoms with Crippen molar-refractivity contribution in [2.24, 2.45) is 0 Å². The SMILES string of the molecule is CC(C)(C)SSCOC1C[C@H](n2cc(C#CCOCSSC(C)(C)CNC(=O)C(F)(F)F)c(=O)[nH]c2=O)O[C@@H]1CO. The second kappa shape index (κ2) is 16.0. The lowest BCUT2D eigenvalue weighted by Gasteiger charge is -2.23. The van der Waals surface area contributed by atoms with Crippen molar-refractivity contribution in [2.75, 3.05) is 31.6 Å². The summed E-state index contributed by atoms with van der Waals surface area (Å²) >= 11 is 0. The number of amides is 1. The lowest BCUT2D eigenvalue weighted by atomic mass is 10.2. The van der Waals surface area contributed by atoms with Gasteiger partial charge in [0.2, 0.25) is 0 Å². The molecule has 1 aromatic heterocycles. The molecule has 2 heterocycles. The number of hydrogen-bond donors (Lipinski definition) is 3. The molecule has 17 heteroatoms. The number of alkyl halides is 3. The van der Waals surface area contributed by atoms with E-state index in [1.54, 1.807) is 35.4 Å². The van der Waals surface area contributed by atoms with E-state index in [4.69, 9.17) is 14.2 Å². The molecule has 1 aliphatic rings. The first-order chi connectivity index (χ1) is 19.0. The topological polar surface area (TPSA) is 132 Å². The Labute approximate surface area is 251 Å². The van der Waals surface area contributed by atoms with Gasteiger partial charge in [-0.3, -0.25) is 19.1 Å². The first-order valence-corrected chi connectivity index (χ1v) is 16.9. The van der Waals surface area contributed by atoms with Crippen LogP contribution in [-0.2, 0) is 19.0 Å². The number of ether oxygens (including phenoxy) is 3. The zero-order valence-electron chi connectivity index (χ0n) is 23.2. The second-order valence-electron chi connectivity index (χ2n) is 10.3. The first-order valence-electron chi connectivity index (χ1n) is 12.3. The smallest absolute Gasteiger partial charge is 0.394 e. The molecule has 0 saturated carbocycles. The van der Waals surface area contributed by atoms with E-state index in [-0.39, 0.29) is 36.0 Å². The van der Waals surface area contributed by atoms with Crippen molar-refractivity contribution in [3.8, 4) is 11.8 Å². The molecule has 0 aliphatic carbocycles. The van der Waals surface area contributed by atoms with Crippen LogP contribution in [-0.4, -0.2) is 80.1 Å². The van der Waals surface area contributed by atoms with E-state index in [1.165, 1.54) is 32.4 Å². The van der Waals surface area contributed by atoms with E-state index in [1.807, 2.05) is 5.32 Å².